The van der Waals surface area contributed by atoms with E-state index in [9.17, 15) is 39.9 Å². The standard InChI is InChI=1S/C39H48FN3O11Si/c1-22-35(55(3,4)40)29(19-30(45)42(15-16-44)20-23-9-6-5-7-10-23)54-39(22)27-18-26(52-2)13-14-28(27)43(38(39)51)21-24-11-8-12-25(17-24)41-36(49)34-32(47)31(46)33(48)37(50)53-34/h5-14,17-18,22,29,31-35,37,44,46-48,50H,15-16,19-21H2,1-4H3,(H,41,49)/t22-,29+,31-,32-,33+,34-,35-,37+,39+/m0/s1. The third kappa shape index (κ3) is 7.78. The van der Waals surface area contributed by atoms with Crippen LogP contribution in [0.5, 0.6) is 5.75 Å². The summed E-state index contributed by atoms with van der Waals surface area (Å²) in [6.07, 6.45) is -10.2. The van der Waals surface area contributed by atoms with Gasteiger partial charge in [-0.3, -0.25) is 14.4 Å². The van der Waals surface area contributed by atoms with Crippen LogP contribution in [0.3, 0.4) is 0 Å². The first-order valence-corrected chi connectivity index (χ1v) is 21.1. The van der Waals surface area contributed by atoms with E-state index in [0.717, 1.165) is 5.56 Å². The van der Waals surface area contributed by atoms with Crippen LogP contribution in [0.25, 0.3) is 0 Å². The van der Waals surface area contributed by atoms with Gasteiger partial charge in [0.05, 0.1) is 38.5 Å². The summed E-state index contributed by atoms with van der Waals surface area (Å²) in [5.41, 5.74) is 0.239. The van der Waals surface area contributed by atoms with Crippen LogP contribution in [0.2, 0.25) is 18.6 Å². The molecule has 0 aliphatic carbocycles. The number of rotatable bonds is 12. The number of methoxy groups -OCH3 is 1. The number of amides is 3. The molecule has 3 aromatic rings. The van der Waals surface area contributed by atoms with Gasteiger partial charge in [0.25, 0.3) is 11.8 Å². The Morgan fingerprint density at radius 1 is 0.982 bits per heavy atom. The highest BCUT2D eigenvalue weighted by Gasteiger charge is 2.67. The smallest absolute Gasteiger partial charge is 0.264 e. The van der Waals surface area contributed by atoms with Crippen molar-refractivity contribution in [2.24, 2.45) is 5.92 Å². The third-order valence-corrected chi connectivity index (χ3v) is 13.3. The molecule has 296 valence electrons. The molecule has 6 N–H and O–H groups in total. The molecule has 0 unspecified atom stereocenters. The normalized spacial score (nSPS) is 29.0. The number of aliphatic hydroxyl groups excluding tert-OH is 5. The maximum atomic E-state index is 16.5. The fourth-order valence-corrected chi connectivity index (χ4v) is 10.7. The van der Waals surface area contributed by atoms with Crippen LogP contribution in [0, 0.1) is 5.92 Å². The average molecular weight is 782 g/mol. The number of benzene rings is 3. The number of carbonyl (C=O) groups is 3. The van der Waals surface area contributed by atoms with Gasteiger partial charge in [0, 0.05) is 35.8 Å². The Morgan fingerprint density at radius 3 is 2.36 bits per heavy atom. The van der Waals surface area contributed by atoms with Gasteiger partial charge in [0.1, 0.15) is 24.1 Å². The van der Waals surface area contributed by atoms with Gasteiger partial charge in [-0.05, 0) is 54.6 Å². The number of nitrogens with one attached hydrogen (secondary N) is 1. The van der Waals surface area contributed by atoms with E-state index < -0.39 is 74.1 Å². The second-order valence-corrected chi connectivity index (χ2v) is 18.7. The lowest BCUT2D eigenvalue weighted by atomic mass is 9.82. The van der Waals surface area contributed by atoms with Gasteiger partial charge in [-0.15, -0.1) is 0 Å². The zero-order valence-corrected chi connectivity index (χ0v) is 32.0. The van der Waals surface area contributed by atoms with Crippen molar-refractivity contribution in [2.75, 3.05) is 30.5 Å². The minimum Gasteiger partial charge on any atom is -0.497 e. The molecule has 2 saturated heterocycles. The molecule has 6 rings (SSSR count). The summed E-state index contributed by atoms with van der Waals surface area (Å²) in [6.45, 7) is 4.92. The average Bonchev–Trinajstić information content (AvgIpc) is 3.58. The molecule has 1 spiro atoms. The van der Waals surface area contributed by atoms with Crippen molar-refractivity contribution in [3.8, 4) is 5.75 Å². The summed E-state index contributed by atoms with van der Waals surface area (Å²) in [4.78, 5) is 44.9. The van der Waals surface area contributed by atoms with Crippen molar-refractivity contribution in [3.05, 3.63) is 89.5 Å². The number of carbonyl (C=O) groups excluding carboxylic acids is 3. The van der Waals surface area contributed by atoms with E-state index in [2.05, 4.69) is 5.32 Å². The summed E-state index contributed by atoms with van der Waals surface area (Å²) in [5.74, 6) is -1.92. The number of ether oxygens (including phenoxy) is 3. The Balaban J connectivity index is 1.29. The van der Waals surface area contributed by atoms with E-state index in [1.54, 1.807) is 62.5 Å². The van der Waals surface area contributed by atoms with Crippen molar-refractivity contribution in [1.29, 1.82) is 0 Å². The van der Waals surface area contributed by atoms with Crippen molar-refractivity contribution in [1.82, 2.24) is 4.90 Å². The molecule has 3 aliphatic rings. The number of halogens is 1. The van der Waals surface area contributed by atoms with Crippen molar-refractivity contribution >= 4 is 37.5 Å². The van der Waals surface area contributed by atoms with Gasteiger partial charge in [0.15, 0.2) is 18.0 Å². The fraction of sp³-hybridized carbons (Fsp3) is 0.462. The maximum absolute atomic E-state index is 16.5. The number of nitrogens with zero attached hydrogens (tertiary/aromatic N) is 2. The number of hydrogen-bond acceptors (Lipinski definition) is 11. The van der Waals surface area contributed by atoms with Crippen molar-refractivity contribution in [3.63, 3.8) is 0 Å². The quantitative estimate of drug-likeness (QED) is 0.116. The molecule has 0 aromatic heterocycles. The molecule has 9 atom stereocenters. The molecule has 0 radical (unpaired) electrons. The van der Waals surface area contributed by atoms with Crippen LogP contribution in [0.4, 0.5) is 15.5 Å². The highest BCUT2D eigenvalue weighted by molar-refractivity contribution is 6.72. The summed E-state index contributed by atoms with van der Waals surface area (Å²) in [5, 5.41) is 52.4. The first-order valence-electron chi connectivity index (χ1n) is 18.2. The molecule has 3 aromatic carbocycles. The molecule has 3 aliphatic heterocycles. The van der Waals surface area contributed by atoms with E-state index in [1.807, 2.05) is 30.3 Å². The molecule has 3 heterocycles. The molecular formula is C39H48FN3O11Si. The van der Waals surface area contributed by atoms with Crippen LogP contribution in [0.15, 0.2) is 72.8 Å². The number of fused-ring (bicyclic) bond motifs is 2. The van der Waals surface area contributed by atoms with Crippen molar-refractivity contribution in [2.45, 2.75) is 87.5 Å². The molecule has 3 amide bonds. The Kier molecular flexibility index (Phi) is 11.8. The minimum atomic E-state index is -3.62. The SMILES string of the molecule is COc1ccc2c(c1)[C@@]1(O[C@H](CC(=O)N(CCO)Cc3ccccc3)[C@@H]([Si](C)(C)F)[C@@H]1C)C(=O)N2Cc1cccc(NC(=O)[C@H]2O[C@@H](O)[C@H](O)[C@@H](O)[C@@H]2O)c1. The second-order valence-electron chi connectivity index (χ2n) is 14.9. The first kappa shape index (κ1) is 40.4. The van der Waals surface area contributed by atoms with Gasteiger partial charge < -0.3 is 59.0 Å². The molecule has 55 heavy (non-hydrogen) atoms. The minimum absolute atomic E-state index is 0.00204. The summed E-state index contributed by atoms with van der Waals surface area (Å²) in [6, 6.07) is 21.0. The van der Waals surface area contributed by atoms with Gasteiger partial charge in [-0.25, -0.2) is 0 Å². The summed E-state index contributed by atoms with van der Waals surface area (Å²) >= 11 is 0. The fourth-order valence-electron chi connectivity index (χ4n) is 8.25. The van der Waals surface area contributed by atoms with Crippen LogP contribution in [0.1, 0.15) is 30.0 Å². The monoisotopic (exact) mass is 781 g/mol. The Labute approximate surface area is 319 Å². The van der Waals surface area contributed by atoms with E-state index >= 15 is 4.11 Å². The van der Waals surface area contributed by atoms with Crippen LogP contribution in [-0.2, 0) is 42.5 Å². The third-order valence-electron chi connectivity index (χ3n) is 10.9. The Hall–Kier alpha value is -4.26. The molecule has 16 heteroatoms. The van der Waals surface area contributed by atoms with E-state index in [0.29, 0.717) is 22.6 Å². The van der Waals surface area contributed by atoms with Gasteiger partial charge in [-0.2, -0.15) is 0 Å². The zero-order chi connectivity index (χ0) is 39.8. The first-order chi connectivity index (χ1) is 26.1. The number of anilines is 2. The highest BCUT2D eigenvalue weighted by Crippen LogP contribution is 2.60. The van der Waals surface area contributed by atoms with Crippen LogP contribution in [-0.4, -0.2) is 114 Å². The molecular weight excluding hydrogens is 734 g/mol. The summed E-state index contributed by atoms with van der Waals surface area (Å²) in [7, 11) is -2.13. The largest absolute Gasteiger partial charge is 0.497 e. The molecule has 14 nitrogen and oxygen atoms in total. The maximum Gasteiger partial charge on any atom is 0.264 e. The van der Waals surface area contributed by atoms with Gasteiger partial charge >= 0.3 is 0 Å². The van der Waals surface area contributed by atoms with Crippen LogP contribution < -0.4 is 15.0 Å². The lowest BCUT2D eigenvalue weighted by Crippen LogP contribution is -2.60. The number of aliphatic hydroxyl groups is 5. The Bertz CT molecular complexity index is 1880. The lowest BCUT2D eigenvalue weighted by Gasteiger charge is -2.37. The highest BCUT2D eigenvalue weighted by atomic mass is 28.4. The zero-order valence-electron chi connectivity index (χ0n) is 31.0. The molecule has 0 saturated carbocycles. The lowest BCUT2D eigenvalue weighted by molar-refractivity contribution is -0.274. The molecule has 2 fully saturated rings. The Morgan fingerprint density at radius 2 is 1.69 bits per heavy atom. The second kappa shape index (κ2) is 16.1. The van der Waals surface area contributed by atoms with E-state index in [-0.39, 0.29) is 44.3 Å². The van der Waals surface area contributed by atoms with Crippen molar-refractivity contribution < 1.29 is 58.2 Å². The van der Waals surface area contributed by atoms with Gasteiger partial charge in [0.2, 0.25) is 14.3 Å². The van der Waals surface area contributed by atoms with Gasteiger partial charge in [-0.1, -0.05) is 49.4 Å². The summed E-state index contributed by atoms with van der Waals surface area (Å²) < 4.78 is 33.9. The molecule has 0 bridgehead atoms. The number of hydrogen-bond donors (Lipinski definition) is 6. The van der Waals surface area contributed by atoms with E-state index in [4.69, 9.17) is 14.2 Å². The van der Waals surface area contributed by atoms with E-state index in [1.165, 1.54) is 16.9 Å². The predicted molar refractivity (Wildman–Crippen MR) is 200 cm³/mol. The topological polar surface area (TPSA) is 199 Å². The predicted octanol–water partition coefficient (Wildman–Crippen LogP) is 2.17. The van der Waals surface area contributed by atoms with Crippen LogP contribution >= 0.6 is 0 Å².